The maximum absolute atomic E-state index is 11.9. The third kappa shape index (κ3) is 4.51. The van der Waals surface area contributed by atoms with Crippen molar-refractivity contribution in [1.82, 2.24) is 20.1 Å². The van der Waals surface area contributed by atoms with Crippen molar-refractivity contribution in [1.29, 1.82) is 0 Å². The second kappa shape index (κ2) is 9.50. The number of hydrogen-bond donors (Lipinski definition) is 1. The van der Waals surface area contributed by atoms with E-state index in [9.17, 15) is 4.79 Å². The van der Waals surface area contributed by atoms with Gasteiger partial charge in [-0.1, -0.05) is 18.2 Å². The number of furan rings is 1. The van der Waals surface area contributed by atoms with Crippen molar-refractivity contribution < 1.29 is 13.9 Å². The van der Waals surface area contributed by atoms with Gasteiger partial charge in [0.15, 0.2) is 5.11 Å². The summed E-state index contributed by atoms with van der Waals surface area (Å²) < 4.78 is 11.2. The Labute approximate surface area is 193 Å². The first-order valence-electron chi connectivity index (χ1n) is 10.4. The summed E-state index contributed by atoms with van der Waals surface area (Å²) in [6.45, 7) is 1.60. The molecule has 1 saturated heterocycles. The van der Waals surface area contributed by atoms with Gasteiger partial charge in [0.1, 0.15) is 17.6 Å². The number of aromatic nitrogens is 1. The highest BCUT2D eigenvalue weighted by Gasteiger charge is 2.41. The van der Waals surface area contributed by atoms with Gasteiger partial charge >= 0.3 is 5.97 Å². The lowest BCUT2D eigenvalue weighted by Crippen LogP contribution is -2.35. The largest absolute Gasteiger partial charge is 0.465 e. The summed E-state index contributed by atoms with van der Waals surface area (Å²) >= 11 is 5.68. The van der Waals surface area contributed by atoms with Gasteiger partial charge in [0.25, 0.3) is 0 Å². The number of nitrogens with zero attached hydrogens (tertiary/aromatic N) is 3. The summed E-state index contributed by atoms with van der Waals surface area (Å²) in [5.74, 6) is 1.08. The monoisotopic (exact) mass is 450 g/mol. The maximum atomic E-state index is 11.9. The molecule has 7 nitrogen and oxygen atoms in total. The van der Waals surface area contributed by atoms with Gasteiger partial charge in [-0.2, -0.15) is 0 Å². The Bertz CT molecular complexity index is 1100. The fourth-order valence-electron chi connectivity index (χ4n) is 3.85. The molecule has 166 valence electrons. The SMILES string of the molecule is COC(=O)c1cccc(-c2ccc([C@@H]3[C@@H](c4ccccn4)NC(=S)N3CCN(C)C)o2)c1. The van der Waals surface area contributed by atoms with Gasteiger partial charge in [-0.25, -0.2) is 4.79 Å². The van der Waals surface area contributed by atoms with Crippen molar-refractivity contribution in [3.63, 3.8) is 0 Å². The fourth-order valence-corrected chi connectivity index (χ4v) is 4.18. The highest BCUT2D eigenvalue weighted by molar-refractivity contribution is 7.80. The van der Waals surface area contributed by atoms with E-state index in [0.29, 0.717) is 16.4 Å². The molecule has 32 heavy (non-hydrogen) atoms. The number of ether oxygens (including phenoxy) is 1. The Hall–Kier alpha value is -3.23. The van der Waals surface area contributed by atoms with Crippen LogP contribution in [-0.4, -0.2) is 60.2 Å². The van der Waals surface area contributed by atoms with Gasteiger partial charge in [0.05, 0.1) is 24.4 Å². The Morgan fingerprint density at radius 1 is 1.22 bits per heavy atom. The molecular weight excluding hydrogens is 424 g/mol. The summed E-state index contributed by atoms with van der Waals surface area (Å²) in [6.07, 6.45) is 1.78. The zero-order valence-electron chi connectivity index (χ0n) is 18.3. The summed E-state index contributed by atoms with van der Waals surface area (Å²) in [7, 11) is 5.45. The minimum absolute atomic E-state index is 0.133. The second-order valence-electron chi connectivity index (χ2n) is 7.90. The fraction of sp³-hybridized carbons (Fsp3) is 0.292. The Kier molecular flexibility index (Phi) is 6.53. The number of carbonyl (C=O) groups is 1. The number of likely N-dealkylation sites (N-methyl/N-ethyl adjacent to an activating group) is 1. The topological polar surface area (TPSA) is 70.8 Å². The highest BCUT2D eigenvalue weighted by atomic mass is 32.1. The van der Waals surface area contributed by atoms with Crippen molar-refractivity contribution in [2.45, 2.75) is 12.1 Å². The molecule has 0 bridgehead atoms. The van der Waals surface area contributed by atoms with Crippen LogP contribution in [0.4, 0.5) is 0 Å². The normalized spacial score (nSPS) is 18.1. The van der Waals surface area contributed by atoms with Crippen LogP contribution in [0.15, 0.2) is 65.2 Å². The van der Waals surface area contributed by atoms with Crippen LogP contribution in [0.25, 0.3) is 11.3 Å². The summed E-state index contributed by atoms with van der Waals surface area (Å²) in [6, 6.07) is 16.7. The maximum Gasteiger partial charge on any atom is 0.337 e. The van der Waals surface area contributed by atoms with Crippen LogP contribution >= 0.6 is 12.2 Å². The number of esters is 1. The average Bonchev–Trinajstić information content (AvgIpc) is 3.42. The van der Waals surface area contributed by atoms with Crippen molar-refractivity contribution in [3.05, 3.63) is 77.8 Å². The predicted molar refractivity (Wildman–Crippen MR) is 126 cm³/mol. The molecule has 1 aliphatic rings. The number of pyridine rings is 1. The smallest absolute Gasteiger partial charge is 0.337 e. The Morgan fingerprint density at radius 2 is 2.06 bits per heavy atom. The van der Waals surface area contributed by atoms with Gasteiger partial charge in [-0.3, -0.25) is 4.98 Å². The molecule has 8 heteroatoms. The zero-order chi connectivity index (χ0) is 22.7. The molecule has 0 spiro atoms. The molecule has 0 saturated carbocycles. The molecule has 1 aliphatic heterocycles. The van der Waals surface area contributed by atoms with E-state index in [1.54, 1.807) is 18.3 Å². The zero-order valence-corrected chi connectivity index (χ0v) is 19.1. The van der Waals surface area contributed by atoms with Crippen molar-refractivity contribution >= 4 is 23.3 Å². The first-order chi connectivity index (χ1) is 15.5. The van der Waals surface area contributed by atoms with E-state index < -0.39 is 0 Å². The summed E-state index contributed by atoms with van der Waals surface area (Å²) in [4.78, 5) is 20.8. The van der Waals surface area contributed by atoms with Gasteiger partial charge in [0.2, 0.25) is 0 Å². The van der Waals surface area contributed by atoms with Gasteiger partial charge < -0.3 is 24.3 Å². The highest BCUT2D eigenvalue weighted by Crippen LogP contribution is 2.40. The molecular formula is C24H26N4O3S. The van der Waals surface area contributed by atoms with Crippen molar-refractivity contribution in [2.24, 2.45) is 0 Å². The second-order valence-corrected chi connectivity index (χ2v) is 8.28. The molecule has 0 amide bonds. The van der Waals surface area contributed by atoms with E-state index in [-0.39, 0.29) is 18.1 Å². The first-order valence-corrected chi connectivity index (χ1v) is 10.8. The van der Waals surface area contributed by atoms with E-state index in [2.05, 4.69) is 20.1 Å². The predicted octanol–water partition coefficient (Wildman–Crippen LogP) is 3.66. The molecule has 2 aromatic heterocycles. The van der Waals surface area contributed by atoms with Gasteiger partial charge in [0, 0.05) is 24.8 Å². The molecule has 4 rings (SSSR count). The van der Waals surface area contributed by atoms with Crippen molar-refractivity contribution in [3.8, 4) is 11.3 Å². The molecule has 1 fully saturated rings. The molecule has 0 radical (unpaired) electrons. The van der Waals surface area contributed by atoms with Gasteiger partial charge in [-0.05, 0) is 62.7 Å². The quantitative estimate of drug-likeness (QED) is 0.432. The number of carbonyl (C=O) groups excluding carboxylic acids is 1. The van der Waals surface area contributed by atoms with E-state index >= 15 is 0 Å². The molecule has 1 N–H and O–H groups in total. The van der Waals surface area contributed by atoms with E-state index in [1.165, 1.54) is 7.11 Å². The Balaban J connectivity index is 1.69. The van der Waals surface area contributed by atoms with Crippen LogP contribution in [0.5, 0.6) is 0 Å². The molecule has 0 aliphatic carbocycles. The third-order valence-corrected chi connectivity index (χ3v) is 5.82. The van der Waals surface area contributed by atoms with Crippen LogP contribution in [0, 0.1) is 0 Å². The minimum atomic E-state index is -0.381. The standard InChI is InChI=1S/C24H26N4O3S/c1-27(2)13-14-28-22(21(26-24(28)32)18-9-4-5-12-25-18)20-11-10-19(31-20)16-7-6-8-17(15-16)23(29)30-3/h4-12,15,21-22H,13-14H2,1-3H3,(H,26,32)/t21-,22-/m1/s1. The molecule has 3 aromatic rings. The lowest BCUT2D eigenvalue weighted by atomic mass is 10.0. The van der Waals surface area contributed by atoms with Crippen LogP contribution in [0.1, 0.15) is 33.9 Å². The van der Waals surface area contributed by atoms with Gasteiger partial charge in [-0.15, -0.1) is 0 Å². The lowest BCUT2D eigenvalue weighted by molar-refractivity contribution is 0.0601. The number of nitrogens with one attached hydrogen (secondary N) is 1. The summed E-state index contributed by atoms with van der Waals surface area (Å²) in [5.41, 5.74) is 2.19. The minimum Gasteiger partial charge on any atom is -0.465 e. The van der Waals surface area contributed by atoms with Crippen LogP contribution in [0.3, 0.4) is 0 Å². The lowest BCUT2D eigenvalue weighted by Gasteiger charge is -2.27. The molecule has 0 unspecified atom stereocenters. The van der Waals surface area contributed by atoms with E-state index in [0.717, 1.165) is 30.1 Å². The first kappa shape index (κ1) is 22.0. The average molecular weight is 451 g/mol. The van der Waals surface area contributed by atoms with Crippen LogP contribution in [-0.2, 0) is 4.74 Å². The molecule has 3 heterocycles. The van der Waals surface area contributed by atoms with E-state index in [4.69, 9.17) is 21.4 Å². The van der Waals surface area contributed by atoms with E-state index in [1.807, 2.05) is 56.6 Å². The number of methoxy groups -OCH3 is 1. The Morgan fingerprint density at radius 3 is 2.78 bits per heavy atom. The molecule has 1 aromatic carbocycles. The number of benzene rings is 1. The van der Waals surface area contributed by atoms with Crippen LogP contribution in [0.2, 0.25) is 0 Å². The van der Waals surface area contributed by atoms with Crippen LogP contribution < -0.4 is 5.32 Å². The number of thiocarbonyl (C=S) groups is 1. The molecule has 2 atom stereocenters. The number of rotatable bonds is 7. The van der Waals surface area contributed by atoms with Crippen molar-refractivity contribution in [2.75, 3.05) is 34.3 Å². The third-order valence-electron chi connectivity index (χ3n) is 5.47. The summed E-state index contributed by atoms with van der Waals surface area (Å²) in [5, 5.41) is 4.11. The number of hydrogen-bond acceptors (Lipinski definition) is 6.